The van der Waals surface area contributed by atoms with Gasteiger partial charge in [-0.1, -0.05) is 12.2 Å². The van der Waals surface area contributed by atoms with Crippen molar-refractivity contribution in [1.29, 1.82) is 0 Å². The van der Waals surface area contributed by atoms with Gasteiger partial charge >= 0.3 is 0 Å². The average molecular weight is 373 g/mol. The molecule has 134 valence electrons. The van der Waals surface area contributed by atoms with Crippen LogP contribution in [0.5, 0.6) is 5.75 Å². The molecule has 1 aliphatic heterocycles. The minimum Gasteiger partial charge on any atom is -0.494 e. The lowest BCUT2D eigenvalue weighted by molar-refractivity contribution is 0.0694. The summed E-state index contributed by atoms with van der Waals surface area (Å²) in [6, 6.07) is 4.32. The number of nitrogens with zero attached hydrogens (tertiary/aromatic N) is 3. The molecule has 1 amide bonds. The minimum absolute atomic E-state index is 0.115. The molecule has 0 bridgehead atoms. The average Bonchev–Trinajstić information content (AvgIpc) is 3.35. The van der Waals surface area contributed by atoms with Crippen LogP contribution in [0, 0.1) is 5.82 Å². The number of methoxy groups -OCH3 is 1. The summed E-state index contributed by atoms with van der Waals surface area (Å²) in [6.07, 6.45) is 5.40. The van der Waals surface area contributed by atoms with Gasteiger partial charge in [0, 0.05) is 23.7 Å². The first-order chi connectivity index (χ1) is 12.6. The normalized spacial score (nSPS) is 16.6. The number of aliphatic hydroxyl groups is 1. The molecule has 0 fully saturated rings. The van der Waals surface area contributed by atoms with Gasteiger partial charge in [0.1, 0.15) is 5.69 Å². The zero-order valence-corrected chi connectivity index (χ0v) is 14.7. The molecule has 3 heterocycles. The van der Waals surface area contributed by atoms with Gasteiger partial charge in [-0.25, -0.2) is 9.37 Å². The number of imidazole rings is 1. The van der Waals surface area contributed by atoms with Crippen LogP contribution in [-0.2, 0) is 0 Å². The van der Waals surface area contributed by atoms with Gasteiger partial charge < -0.3 is 14.7 Å². The molecule has 8 heteroatoms. The maximum absolute atomic E-state index is 14.0. The van der Waals surface area contributed by atoms with E-state index in [0.717, 1.165) is 0 Å². The molecule has 0 saturated heterocycles. The Morgan fingerprint density at radius 2 is 2.35 bits per heavy atom. The number of aromatic nitrogens is 2. The summed E-state index contributed by atoms with van der Waals surface area (Å²) >= 11 is 1.34. The third-order valence-corrected chi connectivity index (χ3v) is 5.22. The summed E-state index contributed by atoms with van der Waals surface area (Å²) in [5.41, 5.74) is 1.65. The number of thiazole rings is 1. The maximum atomic E-state index is 14.0. The van der Waals surface area contributed by atoms with E-state index in [-0.39, 0.29) is 24.3 Å². The fourth-order valence-electron chi connectivity index (χ4n) is 3.01. The Hall–Kier alpha value is -2.71. The summed E-state index contributed by atoms with van der Waals surface area (Å²) < 4.78 is 20.6. The van der Waals surface area contributed by atoms with Crippen molar-refractivity contribution in [3.05, 3.63) is 53.4 Å². The van der Waals surface area contributed by atoms with Crippen LogP contribution in [0.3, 0.4) is 0 Å². The molecule has 0 aliphatic carbocycles. The smallest absolute Gasteiger partial charge is 0.272 e. The van der Waals surface area contributed by atoms with E-state index in [9.17, 15) is 14.3 Å². The first kappa shape index (κ1) is 16.7. The number of rotatable bonds is 4. The van der Waals surface area contributed by atoms with Crippen LogP contribution in [0.2, 0.25) is 0 Å². The predicted octanol–water partition coefficient (Wildman–Crippen LogP) is 2.58. The number of halogens is 1. The second-order valence-electron chi connectivity index (χ2n) is 5.88. The Morgan fingerprint density at radius 1 is 1.50 bits per heavy atom. The molecule has 3 aromatic rings. The van der Waals surface area contributed by atoms with E-state index >= 15 is 0 Å². The Bertz CT molecular complexity index is 1010. The predicted molar refractivity (Wildman–Crippen MR) is 96.1 cm³/mol. The molecule has 0 saturated carbocycles. The SMILES string of the molecule is COc1ccc(-c2cn3c(C(=O)N4CC=CC4CO)csc3n2)cc1F. The molecular weight excluding hydrogens is 357 g/mol. The van der Waals surface area contributed by atoms with E-state index in [1.165, 1.54) is 24.5 Å². The zero-order valence-electron chi connectivity index (χ0n) is 13.9. The fourth-order valence-corrected chi connectivity index (χ4v) is 3.86. The van der Waals surface area contributed by atoms with Crippen molar-refractivity contribution in [3.63, 3.8) is 0 Å². The molecule has 0 radical (unpaired) electrons. The van der Waals surface area contributed by atoms with E-state index < -0.39 is 5.82 Å². The monoisotopic (exact) mass is 373 g/mol. The molecule has 1 aliphatic rings. The van der Waals surface area contributed by atoms with Crippen LogP contribution in [0.4, 0.5) is 4.39 Å². The number of amides is 1. The third-order valence-electron chi connectivity index (χ3n) is 4.38. The Kier molecular flexibility index (Phi) is 4.21. The van der Waals surface area contributed by atoms with Gasteiger partial charge in [-0.3, -0.25) is 9.20 Å². The summed E-state index contributed by atoms with van der Waals surface area (Å²) in [5.74, 6) is -0.473. The van der Waals surface area contributed by atoms with Crippen molar-refractivity contribution in [3.8, 4) is 17.0 Å². The van der Waals surface area contributed by atoms with Gasteiger partial charge in [0.25, 0.3) is 5.91 Å². The molecule has 6 nitrogen and oxygen atoms in total. The maximum Gasteiger partial charge on any atom is 0.272 e. The second kappa shape index (κ2) is 6.54. The standard InChI is InChI=1S/C18H16FN3O3S/c1-25-16-5-4-11(7-13(16)19)14-8-22-15(10-26-18(22)20-14)17(24)21-6-2-3-12(21)9-23/h2-5,7-8,10,12,23H,6,9H2,1H3. The van der Waals surface area contributed by atoms with Gasteiger partial charge in [-0.15, -0.1) is 11.3 Å². The fraction of sp³-hybridized carbons (Fsp3) is 0.222. The number of carbonyl (C=O) groups is 1. The van der Waals surface area contributed by atoms with Gasteiger partial charge in [0.05, 0.1) is 25.5 Å². The van der Waals surface area contributed by atoms with Crippen LogP contribution in [0.1, 0.15) is 10.5 Å². The quantitative estimate of drug-likeness (QED) is 0.714. The molecule has 1 aromatic carbocycles. The van der Waals surface area contributed by atoms with Crippen molar-refractivity contribution < 1.29 is 19.0 Å². The van der Waals surface area contributed by atoms with E-state index in [2.05, 4.69) is 4.98 Å². The Morgan fingerprint density at radius 3 is 3.08 bits per heavy atom. The summed E-state index contributed by atoms with van der Waals surface area (Å²) in [5, 5.41) is 11.2. The number of hydrogen-bond acceptors (Lipinski definition) is 5. The van der Waals surface area contributed by atoms with Crippen molar-refractivity contribution in [2.45, 2.75) is 6.04 Å². The first-order valence-corrected chi connectivity index (χ1v) is 8.89. The van der Waals surface area contributed by atoms with Crippen LogP contribution in [-0.4, -0.2) is 51.6 Å². The lowest BCUT2D eigenvalue weighted by Gasteiger charge is -2.22. The highest BCUT2D eigenvalue weighted by Gasteiger charge is 2.27. The number of benzene rings is 1. The van der Waals surface area contributed by atoms with E-state index in [4.69, 9.17) is 4.74 Å². The minimum atomic E-state index is -0.466. The molecule has 2 aromatic heterocycles. The molecule has 1 atom stereocenters. The van der Waals surface area contributed by atoms with E-state index in [1.54, 1.807) is 33.0 Å². The van der Waals surface area contributed by atoms with Crippen LogP contribution in [0.25, 0.3) is 16.2 Å². The Balaban J connectivity index is 1.69. The van der Waals surface area contributed by atoms with Crippen LogP contribution in [0.15, 0.2) is 41.9 Å². The molecule has 0 spiro atoms. The van der Waals surface area contributed by atoms with E-state index in [0.29, 0.717) is 28.5 Å². The largest absolute Gasteiger partial charge is 0.494 e. The molecular formula is C18H16FN3O3S. The van der Waals surface area contributed by atoms with Crippen molar-refractivity contribution in [1.82, 2.24) is 14.3 Å². The lowest BCUT2D eigenvalue weighted by atomic mass is 10.1. The van der Waals surface area contributed by atoms with Crippen LogP contribution < -0.4 is 4.74 Å². The Labute approximate surface area is 152 Å². The number of carbonyl (C=O) groups excluding carboxylic acids is 1. The van der Waals surface area contributed by atoms with Gasteiger partial charge in [0.2, 0.25) is 0 Å². The highest BCUT2D eigenvalue weighted by Crippen LogP contribution is 2.28. The van der Waals surface area contributed by atoms with Gasteiger partial charge in [-0.05, 0) is 18.2 Å². The zero-order chi connectivity index (χ0) is 18.3. The lowest BCUT2D eigenvalue weighted by Crippen LogP contribution is -2.38. The molecule has 1 unspecified atom stereocenters. The highest BCUT2D eigenvalue weighted by atomic mass is 32.1. The summed E-state index contributed by atoms with van der Waals surface area (Å²) in [6.45, 7) is 0.350. The van der Waals surface area contributed by atoms with Crippen molar-refractivity contribution in [2.24, 2.45) is 0 Å². The summed E-state index contributed by atoms with van der Waals surface area (Å²) in [7, 11) is 1.41. The first-order valence-electron chi connectivity index (χ1n) is 8.01. The van der Waals surface area contributed by atoms with E-state index in [1.807, 2.05) is 12.2 Å². The summed E-state index contributed by atoms with van der Waals surface area (Å²) in [4.78, 5) is 19.6. The third kappa shape index (κ3) is 2.67. The highest BCUT2D eigenvalue weighted by molar-refractivity contribution is 7.15. The molecule has 4 rings (SSSR count). The van der Waals surface area contributed by atoms with Crippen LogP contribution >= 0.6 is 11.3 Å². The number of hydrogen-bond donors (Lipinski definition) is 1. The van der Waals surface area contributed by atoms with Crippen molar-refractivity contribution in [2.75, 3.05) is 20.3 Å². The van der Waals surface area contributed by atoms with Gasteiger partial charge in [0.15, 0.2) is 16.5 Å². The molecule has 1 N–H and O–H groups in total. The van der Waals surface area contributed by atoms with Crippen molar-refractivity contribution >= 4 is 22.2 Å². The number of fused-ring (bicyclic) bond motifs is 1. The topological polar surface area (TPSA) is 67.1 Å². The number of aliphatic hydroxyl groups excluding tert-OH is 1. The van der Waals surface area contributed by atoms with Gasteiger partial charge in [-0.2, -0.15) is 0 Å². The second-order valence-corrected chi connectivity index (χ2v) is 6.72. The molecule has 26 heavy (non-hydrogen) atoms. The number of ether oxygens (including phenoxy) is 1.